The van der Waals surface area contributed by atoms with Crippen LogP contribution in [0.5, 0.6) is 0 Å². The van der Waals surface area contributed by atoms with Gasteiger partial charge in [0.15, 0.2) is 0 Å². The molecule has 1 aliphatic rings. The van der Waals surface area contributed by atoms with E-state index >= 15 is 0 Å². The molecule has 0 aliphatic carbocycles. The Morgan fingerprint density at radius 3 is 2.82 bits per heavy atom. The Balaban J connectivity index is 0.00000108. The Morgan fingerprint density at radius 2 is 2.00 bits per heavy atom. The quantitative estimate of drug-likeness (QED) is 0.723. The number of hydrogen-bond acceptors (Lipinski definition) is 1. The maximum absolute atomic E-state index is 4.66. The molecule has 0 unspecified atom stereocenters. The second kappa shape index (κ2) is 4.71. The maximum Gasteiger partial charge on any atom is 0.0709 e. The molecule has 3 heteroatoms. The second-order valence-electron chi connectivity index (χ2n) is 3.97. The number of pyridine rings is 1. The van der Waals surface area contributed by atoms with Crippen LogP contribution in [0.3, 0.4) is 0 Å². The zero-order valence-corrected chi connectivity index (χ0v) is 12.5. The summed E-state index contributed by atoms with van der Waals surface area (Å²) < 4.78 is 0. The first kappa shape index (κ1) is 12.5. The van der Waals surface area contributed by atoms with E-state index in [1.54, 1.807) is 0 Å². The molecule has 0 N–H and O–H groups in total. The Labute approximate surface area is 126 Å². The third-order valence-corrected chi connectivity index (χ3v) is 2.82. The van der Waals surface area contributed by atoms with Crippen molar-refractivity contribution in [3.05, 3.63) is 59.7 Å². The van der Waals surface area contributed by atoms with E-state index in [0.717, 1.165) is 33.4 Å². The van der Waals surface area contributed by atoms with Crippen LogP contribution in [0.1, 0.15) is 18.2 Å². The van der Waals surface area contributed by atoms with E-state index in [1.165, 1.54) is 0 Å². The number of benzene rings is 1. The van der Waals surface area contributed by atoms with Gasteiger partial charge >= 0.3 is 0 Å². The summed E-state index contributed by atoms with van der Waals surface area (Å²) in [5, 5.41) is 5.39. The van der Waals surface area contributed by atoms with Gasteiger partial charge in [0.05, 0.1) is 11.2 Å². The number of nitrogens with zero attached hydrogens (tertiary/aromatic N) is 2. The van der Waals surface area contributed by atoms with Crippen molar-refractivity contribution >= 4 is 22.2 Å². The number of rotatable bonds is 0. The summed E-state index contributed by atoms with van der Waals surface area (Å²) in [7, 11) is 0. The average molecular weight is 296 g/mol. The summed E-state index contributed by atoms with van der Waals surface area (Å²) in [6.45, 7) is 5.97. The molecule has 81 valence electrons. The molecule has 1 aromatic heterocycles. The average Bonchev–Trinajstić information content (AvgIpc) is 2.32. The third kappa shape index (κ3) is 2.07. The minimum atomic E-state index is 0. The Bertz CT molecular complexity index is 629. The second-order valence-corrected chi connectivity index (χ2v) is 3.97. The standard InChI is InChI=1S/C14H11N2.Y/c1-9-8-15-10(2)12-7-11-5-3-4-6-13(11)16-14(9)12;/h3-8H,2H2,1H3;/q-1;. The topological polar surface area (TPSA) is 27.0 Å². The van der Waals surface area contributed by atoms with E-state index in [9.17, 15) is 0 Å². The minimum Gasteiger partial charge on any atom is -0.664 e. The van der Waals surface area contributed by atoms with E-state index in [-0.39, 0.29) is 32.7 Å². The fourth-order valence-electron chi connectivity index (χ4n) is 1.94. The van der Waals surface area contributed by atoms with Gasteiger partial charge in [-0.05, 0) is 30.2 Å². The van der Waals surface area contributed by atoms with Gasteiger partial charge < -0.3 is 5.32 Å². The van der Waals surface area contributed by atoms with Crippen LogP contribution in [-0.4, -0.2) is 4.98 Å². The molecule has 0 bridgehead atoms. The largest absolute Gasteiger partial charge is 0.664 e. The van der Waals surface area contributed by atoms with Gasteiger partial charge in [-0.15, -0.1) is 12.3 Å². The molecule has 0 amide bonds. The van der Waals surface area contributed by atoms with Crippen LogP contribution in [0, 0.1) is 0 Å². The SMILES string of the molecule is C=C1[N-]C=C(C)c2nc3ccccc3cc21.[Y]. The molecule has 1 radical (unpaired) electrons. The molecule has 0 saturated carbocycles. The van der Waals surface area contributed by atoms with Crippen molar-refractivity contribution in [1.82, 2.24) is 4.98 Å². The van der Waals surface area contributed by atoms with Gasteiger partial charge in [-0.3, -0.25) is 0 Å². The van der Waals surface area contributed by atoms with E-state index in [4.69, 9.17) is 0 Å². The van der Waals surface area contributed by atoms with Crippen molar-refractivity contribution < 1.29 is 32.7 Å². The predicted molar refractivity (Wildman–Crippen MR) is 67.8 cm³/mol. The van der Waals surface area contributed by atoms with E-state index < -0.39 is 0 Å². The van der Waals surface area contributed by atoms with Crippen LogP contribution >= 0.6 is 0 Å². The molecule has 2 aromatic rings. The molecule has 1 aromatic carbocycles. The van der Waals surface area contributed by atoms with Crippen molar-refractivity contribution in [3.63, 3.8) is 0 Å². The summed E-state index contributed by atoms with van der Waals surface area (Å²) in [5.74, 6) is 0. The molecular formula is C14H11N2Y-. The van der Waals surface area contributed by atoms with Crippen LogP contribution in [0.25, 0.3) is 27.5 Å². The first-order valence-electron chi connectivity index (χ1n) is 5.23. The van der Waals surface area contributed by atoms with Crippen LogP contribution < -0.4 is 0 Å². The van der Waals surface area contributed by atoms with Gasteiger partial charge in [-0.1, -0.05) is 18.2 Å². The number of hydrogen-bond donors (Lipinski definition) is 0. The maximum atomic E-state index is 4.66. The fourth-order valence-corrected chi connectivity index (χ4v) is 1.94. The molecule has 0 spiro atoms. The van der Waals surface area contributed by atoms with Crippen molar-refractivity contribution in [2.45, 2.75) is 6.92 Å². The summed E-state index contributed by atoms with van der Waals surface area (Å²) in [6.07, 6.45) is 1.83. The van der Waals surface area contributed by atoms with Gasteiger partial charge in [-0.25, -0.2) is 4.98 Å². The number of para-hydroxylation sites is 1. The van der Waals surface area contributed by atoms with Gasteiger partial charge in [0.2, 0.25) is 0 Å². The van der Waals surface area contributed by atoms with E-state index in [1.807, 2.05) is 31.3 Å². The van der Waals surface area contributed by atoms with Crippen LogP contribution in [0.2, 0.25) is 0 Å². The van der Waals surface area contributed by atoms with Crippen LogP contribution in [0.4, 0.5) is 0 Å². The first-order valence-corrected chi connectivity index (χ1v) is 5.23. The molecule has 2 nitrogen and oxygen atoms in total. The van der Waals surface area contributed by atoms with Gasteiger partial charge in [0.25, 0.3) is 0 Å². The zero-order valence-electron chi connectivity index (χ0n) is 9.64. The minimum absolute atomic E-state index is 0. The Hall–Kier alpha value is -0.986. The van der Waals surface area contributed by atoms with Crippen molar-refractivity contribution in [2.75, 3.05) is 0 Å². The van der Waals surface area contributed by atoms with Gasteiger partial charge in [0.1, 0.15) is 0 Å². The van der Waals surface area contributed by atoms with Crippen molar-refractivity contribution in [1.29, 1.82) is 0 Å². The predicted octanol–water partition coefficient (Wildman–Crippen LogP) is 3.95. The normalized spacial score (nSPS) is 13.5. The van der Waals surface area contributed by atoms with Gasteiger partial charge in [0, 0.05) is 38.1 Å². The van der Waals surface area contributed by atoms with Gasteiger partial charge in [-0.2, -0.15) is 6.20 Å². The summed E-state index contributed by atoms with van der Waals surface area (Å²) in [4.78, 5) is 4.66. The molecule has 0 fully saturated rings. The molecule has 0 saturated heterocycles. The number of fused-ring (bicyclic) bond motifs is 2. The van der Waals surface area contributed by atoms with Crippen molar-refractivity contribution in [2.24, 2.45) is 0 Å². The first-order chi connectivity index (χ1) is 7.75. The molecular weight excluding hydrogens is 285 g/mol. The van der Waals surface area contributed by atoms with Crippen molar-refractivity contribution in [3.8, 4) is 0 Å². The van der Waals surface area contributed by atoms with Crippen LogP contribution in [0.15, 0.2) is 43.1 Å². The molecule has 2 heterocycles. The molecule has 3 rings (SSSR count). The zero-order chi connectivity index (χ0) is 11.1. The summed E-state index contributed by atoms with van der Waals surface area (Å²) in [6, 6.07) is 10.2. The Kier molecular flexibility index (Phi) is 3.46. The van der Waals surface area contributed by atoms with E-state index in [2.05, 4.69) is 29.0 Å². The number of aromatic nitrogens is 1. The Morgan fingerprint density at radius 1 is 1.24 bits per heavy atom. The molecule has 0 atom stereocenters. The number of allylic oxidation sites excluding steroid dienone is 1. The molecule has 1 aliphatic heterocycles. The summed E-state index contributed by atoms with van der Waals surface area (Å²) in [5.41, 5.74) is 4.94. The monoisotopic (exact) mass is 296 g/mol. The summed E-state index contributed by atoms with van der Waals surface area (Å²) >= 11 is 0. The smallest absolute Gasteiger partial charge is 0.0709 e. The van der Waals surface area contributed by atoms with Crippen LogP contribution in [-0.2, 0) is 32.7 Å². The fraction of sp³-hybridized carbons (Fsp3) is 0.0714. The third-order valence-electron chi connectivity index (χ3n) is 2.82. The molecule has 17 heavy (non-hydrogen) atoms. The van der Waals surface area contributed by atoms with E-state index in [0.29, 0.717) is 0 Å².